The van der Waals surface area contributed by atoms with E-state index >= 15 is 0 Å². The zero-order valence-electron chi connectivity index (χ0n) is 6.71. The van der Waals surface area contributed by atoms with Crippen molar-refractivity contribution < 1.29 is 9.59 Å². The van der Waals surface area contributed by atoms with E-state index in [4.69, 9.17) is 11.6 Å². The van der Waals surface area contributed by atoms with Crippen molar-refractivity contribution in [3.05, 3.63) is 36.0 Å². The van der Waals surface area contributed by atoms with Crippen LogP contribution in [-0.4, -0.2) is 11.5 Å². The molecule has 0 spiro atoms. The second-order valence-corrected chi connectivity index (χ2v) is 2.46. The Kier molecular flexibility index (Phi) is 4.97. The third kappa shape index (κ3) is 3.88. The summed E-state index contributed by atoms with van der Waals surface area (Å²) in [7, 11) is 0. The molecular formula is C9H9ClO2. The van der Waals surface area contributed by atoms with E-state index < -0.39 is 5.24 Å². The van der Waals surface area contributed by atoms with E-state index in [0.29, 0.717) is 17.4 Å². The van der Waals surface area contributed by atoms with Crippen LogP contribution < -0.4 is 0 Å². The molecule has 0 aromatic heterocycles. The highest BCUT2D eigenvalue weighted by Gasteiger charge is 1.95. The predicted octanol–water partition coefficient (Wildman–Crippen LogP) is 2.01. The Morgan fingerprint density at radius 3 is 2.33 bits per heavy atom. The van der Waals surface area contributed by atoms with E-state index in [1.54, 1.807) is 6.92 Å². The Morgan fingerprint density at radius 2 is 2.00 bits per heavy atom. The van der Waals surface area contributed by atoms with Gasteiger partial charge in [0, 0.05) is 11.1 Å². The first-order valence-electron chi connectivity index (χ1n) is 3.28. The van der Waals surface area contributed by atoms with Crippen molar-refractivity contribution >= 4 is 23.1 Å². The molecule has 3 heteroatoms. The third-order valence-electron chi connectivity index (χ3n) is 1.21. The summed E-state index contributed by atoms with van der Waals surface area (Å²) < 4.78 is 0. The number of hydrogen-bond donors (Lipinski definition) is 0. The summed E-state index contributed by atoms with van der Waals surface area (Å²) >= 11 is 5.15. The van der Waals surface area contributed by atoms with Gasteiger partial charge in [-0.15, -0.1) is 0 Å². The standard InChI is InChI=1S/C9H9ClO2/c1-3-8(6-11)5-4-7(2)9(10)12/h3-6H,1H2,2H3/b7-4+,8-5+. The minimum absolute atomic E-state index is 0.387. The van der Waals surface area contributed by atoms with Gasteiger partial charge in [0.2, 0.25) is 5.24 Å². The fourth-order valence-corrected chi connectivity index (χ4v) is 0.505. The van der Waals surface area contributed by atoms with E-state index in [2.05, 4.69) is 6.58 Å². The number of carbonyl (C=O) groups is 2. The molecule has 0 unspecified atom stereocenters. The Bertz CT molecular complexity index is 252. The Balaban J connectivity index is 4.55. The number of allylic oxidation sites excluding steroid dienone is 5. The molecule has 0 fully saturated rings. The smallest absolute Gasteiger partial charge is 0.248 e. The van der Waals surface area contributed by atoms with Crippen LogP contribution in [0, 0.1) is 0 Å². The average molecular weight is 185 g/mol. The Labute approximate surface area is 76.2 Å². The Hall–Kier alpha value is -1.15. The first kappa shape index (κ1) is 10.8. The van der Waals surface area contributed by atoms with Crippen LogP contribution in [0.1, 0.15) is 6.92 Å². The monoisotopic (exact) mass is 184 g/mol. The minimum Gasteiger partial charge on any atom is -0.298 e. The molecule has 0 aliphatic carbocycles. The second kappa shape index (κ2) is 5.49. The van der Waals surface area contributed by atoms with E-state index in [0.717, 1.165) is 0 Å². The largest absolute Gasteiger partial charge is 0.298 e. The summed E-state index contributed by atoms with van der Waals surface area (Å²) in [6.07, 6.45) is 5.00. The molecule has 0 aromatic rings. The third-order valence-corrected chi connectivity index (χ3v) is 1.51. The number of rotatable bonds is 4. The fraction of sp³-hybridized carbons (Fsp3) is 0.111. The van der Waals surface area contributed by atoms with Crippen LogP contribution in [0.4, 0.5) is 0 Å². The maximum absolute atomic E-state index is 10.5. The van der Waals surface area contributed by atoms with Gasteiger partial charge in [-0.3, -0.25) is 9.59 Å². The molecule has 0 aliphatic rings. The van der Waals surface area contributed by atoms with Crippen LogP contribution in [0.5, 0.6) is 0 Å². The van der Waals surface area contributed by atoms with Gasteiger partial charge in [0.15, 0.2) is 0 Å². The van der Waals surface area contributed by atoms with Crippen molar-refractivity contribution in [2.75, 3.05) is 0 Å². The highest BCUT2D eigenvalue weighted by atomic mass is 35.5. The highest BCUT2D eigenvalue weighted by molar-refractivity contribution is 6.67. The molecule has 0 rings (SSSR count). The normalized spacial score (nSPS) is 12.5. The van der Waals surface area contributed by atoms with Crippen molar-refractivity contribution in [3.8, 4) is 0 Å². The summed E-state index contributed by atoms with van der Waals surface area (Å²) in [5.41, 5.74) is 0.796. The predicted molar refractivity (Wildman–Crippen MR) is 49.0 cm³/mol. The van der Waals surface area contributed by atoms with Crippen LogP contribution in [0.25, 0.3) is 0 Å². The van der Waals surface area contributed by atoms with E-state index in [-0.39, 0.29) is 0 Å². The molecular weight excluding hydrogens is 176 g/mol. The van der Waals surface area contributed by atoms with E-state index in [9.17, 15) is 9.59 Å². The molecule has 0 bridgehead atoms. The lowest BCUT2D eigenvalue weighted by molar-refractivity contribution is -0.108. The van der Waals surface area contributed by atoms with E-state index in [1.165, 1.54) is 18.2 Å². The average Bonchev–Trinajstić information content (AvgIpc) is 2.05. The first-order chi connectivity index (χ1) is 5.61. The van der Waals surface area contributed by atoms with Crippen molar-refractivity contribution in [2.24, 2.45) is 0 Å². The molecule has 0 atom stereocenters. The molecule has 64 valence electrons. The Morgan fingerprint density at radius 1 is 1.42 bits per heavy atom. The fourth-order valence-electron chi connectivity index (χ4n) is 0.442. The van der Waals surface area contributed by atoms with Crippen LogP contribution in [0.3, 0.4) is 0 Å². The van der Waals surface area contributed by atoms with Crippen molar-refractivity contribution in [2.45, 2.75) is 6.92 Å². The van der Waals surface area contributed by atoms with Gasteiger partial charge in [-0.25, -0.2) is 0 Å². The molecule has 0 aromatic carbocycles. The first-order valence-corrected chi connectivity index (χ1v) is 3.65. The maximum atomic E-state index is 10.5. The lowest BCUT2D eigenvalue weighted by atomic mass is 10.2. The SMILES string of the molecule is C=C/C(C=O)=C\C=C(/C)C(=O)Cl. The van der Waals surface area contributed by atoms with Gasteiger partial charge < -0.3 is 0 Å². The van der Waals surface area contributed by atoms with Crippen molar-refractivity contribution in [1.29, 1.82) is 0 Å². The topological polar surface area (TPSA) is 34.1 Å². The molecule has 0 saturated heterocycles. The van der Waals surface area contributed by atoms with Gasteiger partial charge >= 0.3 is 0 Å². The lowest BCUT2D eigenvalue weighted by Crippen LogP contribution is -1.86. The zero-order valence-corrected chi connectivity index (χ0v) is 7.47. The molecule has 0 radical (unpaired) electrons. The molecule has 0 aliphatic heterocycles. The number of aldehydes is 1. The highest BCUT2D eigenvalue weighted by Crippen LogP contribution is 2.00. The molecule has 0 saturated carbocycles. The second-order valence-electron chi connectivity index (χ2n) is 2.11. The van der Waals surface area contributed by atoms with Gasteiger partial charge in [0.05, 0.1) is 0 Å². The van der Waals surface area contributed by atoms with Crippen molar-refractivity contribution in [3.63, 3.8) is 0 Å². The van der Waals surface area contributed by atoms with Gasteiger partial charge in [0.1, 0.15) is 6.29 Å². The number of carbonyl (C=O) groups excluding carboxylic acids is 2. The van der Waals surface area contributed by atoms with Gasteiger partial charge in [-0.05, 0) is 18.5 Å². The van der Waals surface area contributed by atoms with E-state index in [1.807, 2.05) is 0 Å². The van der Waals surface area contributed by atoms with Crippen molar-refractivity contribution in [1.82, 2.24) is 0 Å². The molecule has 12 heavy (non-hydrogen) atoms. The number of halogens is 1. The summed E-state index contributed by atoms with van der Waals surface area (Å²) in [6.45, 7) is 4.97. The summed E-state index contributed by atoms with van der Waals surface area (Å²) in [5.74, 6) is 0. The van der Waals surface area contributed by atoms with Crippen LogP contribution in [-0.2, 0) is 9.59 Å². The molecule has 0 amide bonds. The molecule has 0 N–H and O–H groups in total. The minimum atomic E-state index is -0.527. The quantitative estimate of drug-likeness (QED) is 0.290. The molecule has 2 nitrogen and oxygen atoms in total. The summed E-state index contributed by atoms with van der Waals surface area (Å²) in [4.78, 5) is 20.7. The van der Waals surface area contributed by atoms with Gasteiger partial charge in [-0.2, -0.15) is 0 Å². The van der Waals surface area contributed by atoms with Crippen LogP contribution in [0.15, 0.2) is 36.0 Å². The maximum Gasteiger partial charge on any atom is 0.248 e. The number of hydrogen-bond acceptors (Lipinski definition) is 2. The van der Waals surface area contributed by atoms with Gasteiger partial charge in [-0.1, -0.05) is 24.8 Å². The zero-order chi connectivity index (χ0) is 9.56. The van der Waals surface area contributed by atoms with Crippen LogP contribution in [0.2, 0.25) is 0 Å². The van der Waals surface area contributed by atoms with Gasteiger partial charge in [0.25, 0.3) is 0 Å². The summed E-state index contributed by atoms with van der Waals surface area (Å²) in [6, 6.07) is 0. The van der Waals surface area contributed by atoms with Crippen LogP contribution >= 0.6 is 11.6 Å². The lowest BCUT2D eigenvalue weighted by Gasteiger charge is -1.88. The summed E-state index contributed by atoms with van der Waals surface area (Å²) in [5, 5.41) is -0.527. The molecule has 0 heterocycles.